The van der Waals surface area contributed by atoms with Gasteiger partial charge in [0.05, 0.1) is 6.42 Å². The van der Waals surface area contributed by atoms with Gasteiger partial charge in [0.1, 0.15) is 0 Å². The molecule has 1 aromatic heterocycles. The first-order valence-corrected chi connectivity index (χ1v) is 6.27. The number of carbonyl (C=O) groups is 1. The van der Waals surface area contributed by atoms with Gasteiger partial charge in [-0.2, -0.15) is 11.3 Å². The van der Waals surface area contributed by atoms with Crippen molar-refractivity contribution in [2.45, 2.75) is 12.8 Å². The first-order valence-electron chi connectivity index (χ1n) is 5.33. The van der Waals surface area contributed by atoms with Crippen molar-refractivity contribution in [1.82, 2.24) is 10.6 Å². The first kappa shape index (κ1) is 10.6. The van der Waals surface area contributed by atoms with Gasteiger partial charge in [-0.15, -0.1) is 0 Å². The van der Waals surface area contributed by atoms with Crippen molar-refractivity contribution in [3.05, 3.63) is 22.4 Å². The van der Waals surface area contributed by atoms with E-state index in [2.05, 4.69) is 10.6 Å². The third-order valence-electron chi connectivity index (χ3n) is 2.70. The minimum Gasteiger partial charge on any atom is -0.355 e. The zero-order valence-electron chi connectivity index (χ0n) is 8.66. The molecule has 0 aromatic carbocycles. The van der Waals surface area contributed by atoms with Crippen LogP contribution < -0.4 is 10.6 Å². The summed E-state index contributed by atoms with van der Waals surface area (Å²) in [7, 11) is 0. The molecule has 1 amide bonds. The van der Waals surface area contributed by atoms with E-state index in [1.807, 2.05) is 16.8 Å². The maximum absolute atomic E-state index is 11.5. The van der Waals surface area contributed by atoms with Crippen molar-refractivity contribution in [2.24, 2.45) is 5.92 Å². The standard InChI is InChI=1S/C11H16N2OS/c14-11(5-9-2-4-15-8-9)13-7-10-1-3-12-6-10/h2,4,8,10,12H,1,3,5-7H2,(H,13,14)/t10-/m1/s1. The molecule has 1 aliphatic heterocycles. The van der Waals surface area contributed by atoms with E-state index in [9.17, 15) is 4.79 Å². The molecular formula is C11H16N2OS. The van der Waals surface area contributed by atoms with E-state index in [1.165, 1.54) is 6.42 Å². The molecule has 0 spiro atoms. The van der Waals surface area contributed by atoms with Gasteiger partial charge in [-0.3, -0.25) is 4.79 Å². The second-order valence-corrected chi connectivity index (χ2v) is 4.75. The van der Waals surface area contributed by atoms with Crippen molar-refractivity contribution >= 4 is 17.2 Å². The molecule has 1 aromatic rings. The van der Waals surface area contributed by atoms with Crippen LogP contribution >= 0.6 is 11.3 Å². The smallest absolute Gasteiger partial charge is 0.224 e. The molecule has 0 bridgehead atoms. The molecule has 15 heavy (non-hydrogen) atoms. The molecule has 1 atom stereocenters. The number of thiophene rings is 1. The summed E-state index contributed by atoms with van der Waals surface area (Å²) >= 11 is 1.63. The van der Waals surface area contributed by atoms with Gasteiger partial charge in [-0.05, 0) is 47.8 Å². The lowest BCUT2D eigenvalue weighted by Gasteiger charge is -2.09. The van der Waals surface area contributed by atoms with Crippen LogP contribution in [0.1, 0.15) is 12.0 Å². The van der Waals surface area contributed by atoms with Crippen LogP contribution in [-0.4, -0.2) is 25.5 Å². The summed E-state index contributed by atoms with van der Waals surface area (Å²) in [5.41, 5.74) is 1.11. The van der Waals surface area contributed by atoms with E-state index >= 15 is 0 Å². The van der Waals surface area contributed by atoms with Crippen molar-refractivity contribution in [3.8, 4) is 0 Å². The Labute approximate surface area is 93.9 Å². The van der Waals surface area contributed by atoms with Gasteiger partial charge in [0.25, 0.3) is 0 Å². The van der Waals surface area contributed by atoms with Crippen LogP contribution in [0.4, 0.5) is 0 Å². The number of rotatable bonds is 4. The average Bonchev–Trinajstić information content (AvgIpc) is 2.86. The van der Waals surface area contributed by atoms with E-state index < -0.39 is 0 Å². The molecule has 82 valence electrons. The van der Waals surface area contributed by atoms with Crippen LogP contribution in [0.3, 0.4) is 0 Å². The van der Waals surface area contributed by atoms with Crippen LogP contribution in [0.15, 0.2) is 16.8 Å². The monoisotopic (exact) mass is 224 g/mol. The van der Waals surface area contributed by atoms with Crippen LogP contribution in [0.5, 0.6) is 0 Å². The van der Waals surface area contributed by atoms with E-state index in [1.54, 1.807) is 11.3 Å². The molecule has 2 N–H and O–H groups in total. The Balaban J connectivity index is 1.68. The van der Waals surface area contributed by atoms with Gasteiger partial charge in [-0.25, -0.2) is 0 Å². The lowest BCUT2D eigenvalue weighted by Crippen LogP contribution is -2.31. The molecule has 0 unspecified atom stereocenters. The molecule has 2 rings (SSSR count). The highest BCUT2D eigenvalue weighted by Gasteiger charge is 2.14. The Morgan fingerprint density at radius 3 is 3.27 bits per heavy atom. The molecule has 1 saturated heterocycles. The minimum absolute atomic E-state index is 0.139. The lowest BCUT2D eigenvalue weighted by molar-refractivity contribution is -0.120. The number of carbonyl (C=O) groups excluding carboxylic acids is 1. The summed E-state index contributed by atoms with van der Waals surface area (Å²) in [5, 5.41) is 10.3. The maximum atomic E-state index is 11.5. The van der Waals surface area contributed by atoms with Crippen LogP contribution in [0.2, 0.25) is 0 Å². The van der Waals surface area contributed by atoms with Gasteiger partial charge < -0.3 is 10.6 Å². The molecule has 1 fully saturated rings. The second kappa shape index (κ2) is 5.28. The van der Waals surface area contributed by atoms with Crippen molar-refractivity contribution in [3.63, 3.8) is 0 Å². The number of hydrogen-bond acceptors (Lipinski definition) is 3. The normalized spacial score (nSPS) is 20.4. The Hall–Kier alpha value is -0.870. The van der Waals surface area contributed by atoms with E-state index in [4.69, 9.17) is 0 Å². The predicted octanol–water partition coefficient (Wildman–Crippen LogP) is 1.02. The fraction of sp³-hybridized carbons (Fsp3) is 0.545. The van der Waals surface area contributed by atoms with Crippen molar-refractivity contribution in [1.29, 1.82) is 0 Å². The summed E-state index contributed by atoms with van der Waals surface area (Å²) in [6.07, 6.45) is 1.70. The van der Waals surface area contributed by atoms with Crippen LogP contribution in [0, 0.1) is 5.92 Å². The number of nitrogens with one attached hydrogen (secondary N) is 2. The summed E-state index contributed by atoms with van der Waals surface area (Å²) in [5.74, 6) is 0.761. The highest BCUT2D eigenvalue weighted by molar-refractivity contribution is 7.07. The molecule has 1 aliphatic rings. The molecule has 4 heteroatoms. The molecule has 3 nitrogen and oxygen atoms in total. The van der Waals surface area contributed by atoms with Crippen molar-refractivity contribution in [2.75, 3.05) is 19.6 Å². The predicted molar refractivity (Wildman–Crippen MR) is 62.0 cm³/mol. The highest BCUT2D eigenvalue weighted by atomic mass is 32.1. The Morgan fingerprint density at radius 2 is 2.60 bits per heavy atom. The minimum atomic E-state index is 0.139. The molecule has 0 radical (unpaired) electrons. The van der Waals surface area contributed by atoms with Crippen molar-refractivity contribution < 1.29 is 4.79 Å². The van der Waals surface area contributed by atoms with Crippen LogP contribution in [-0.2, 0) is 11.2 Å². The largest absolute Gasteiger partial charge is 0.355 e. The first-order chi connectivity index (χ1) is 7.34. The zero-order chi connectivity index (χ0) is 10.5. The number of amides is 1. The highest BCUT2D eigenvalue weighted by Crippen LogP contribution is 2.07. The van der Waals surface area contributed by atoms with Gasteiger partial charge in [0, 0.05) is 6.54 Å². The molecule has 0 aliphatic carbocycles. The molecule has 0 saturated carbocycles. The zero-order valence-corrected chi connectivity index (χ0v) is 9.48. The summed E-state index contributed by atoms with van der Waals surface area (Å²) in [6, 6.07) is 2.00. The maximum Gasteiger partial charge on any atom is 0.224 e. The van der Waals surface area contributed by atoms with E-state index in [-0.39, 0.29) is 5.91 Å². The Kier molecular flexibility index (Phi) is 3.75. The molecular weight excluding hydrogens is 208 g/mol. The summed E-state index contributed by atoms with van der Waals surface area (Å²) in [6.45, 7) is 2.94. The Morgan fingerprint density at radius 1 is 1.67 bits per heavy atom. The summed E-state index contributed by atoms with van der Waals surface area (Å²) in [4.78, 5) is 11.5. The molecule has 2 heterocycles. The van der Waals surface area contributed by atoms with E-state index in [0.29, 0.717) is 12.3 Å². The third kappa shape index (κ3) is 3.32. The third-order valence-corrected chi connectivity index (χ3v) is 3.43. The Bertz CT molecular complexity index is 304. The van der Waals surface area contributed by atoms with Gasteiger partial charge in [0.2, 0.25) is 5.91 Å². The topological polar surface area (TPSA) is 41.1 Å². The fourth-order valence-corrected chi connectivity index (χ4v) is 2.46. The number of hydrogen-bond donors (Lipinski definition) is 2. The van der Waals surface area contributed by atoms with Gasteiger partial charge in [-0.1, -0.05) is 0 Å². The average molecular weight is 224 g/mol. The lowest BCUT2D eigenvalue weighted by atomic mass is 10.1. The van der Waals surface area contributed by atoms with E-state index in [0.717, 1.165) is 25.2 Å². The van der Waals surface area contributed by atoms with Gasteiger partial charge >= 0.3 is 0 Å². The van der Waals surface area contributed by atoms with Gasteiger partial charge in [0.15, 0.2) is 0 Å². The quantitative estimate of drug-likeness (QED) is 0.801. The van der Waals surface area contributed by atoms with Crippen LogP contribution in [0.25, 0.3) is 0 Å². The SMILES string of the molecule is O=C(Cc1ccsc1)NC[C@@H]1CCNC1. The summed E-state index contributed by atoms with van der Waals surface area (Å²) < 4.78 is 0. The fourth-order valence-electron chi connectivity index (χ4n) is 1.79. The second-order valence-electron chi connectivity index (χ2n) is 3.97.